The second-order valence-corrected chi connectivity index (χ2v) is 9.70. The van der Waals surface area contributed by atoms with E-state index < -0.39 is 0 Å². The molecule has 1 aromatic carbocycles. The Hall–Kier alpha value is -2.53. The number of fused-ring (bicyclic) bond motifs is 1. The molecule has 0 bridgehead atoms. The van der Waals surface area contributed by atoms with Crippen LogP contribution in [0.1, 0.15) is 59.2 Å². The molecule has 0 saturated carbocycles. The lowest BCUT2D eigenvalue weighted by Crippen LogP contribution is -2.35. The largest absolute Gasteiger partial charge is 0.338 e. The minimum atomic E-state index is 0.0330. The number of hydrogen-bond donors (Lipinski definition) is 0. The smallest absolute Gasteiger partial charge is 0.160 e. The molecule has 1 fully saturated rings. The summed E-state index contributed by atoms with van der Waals surface area (Å²) in [5.74, 6) is 1.12. The first kappa shape index (κ1) is 20.4. The molecule has 0 unspecified atom stereocenters. The minimum Gasteiger partial charge on any atom is -0.338 e. The highest BCUT2D eigenvalue weighted by molar-refractivity contribution is 8.14. The normalized spacial score (nSPS) is 22.7. The molecule has 3 aromatic rings. The van der Waals surface area contributed by atoms with Gasteiger partial charge in [-0.15, -0.1) is 0 Å². The van der Waals surface area contributed by atoms with Gasteiger partial charge in [0.1, 0.15) is 6.04 Å². The quantitative estimate of drug-likeness (QED) is 0.502. The van der Waals surface area contributed by atoms with Crippen molar-refractivity contribution in [3.05, 3.63) is 82.4 Å². The van der Waals surface area contributed by atoms with E-state index in [1.807, 2.05) is 24.0 Å². The van der Waals surface area contributed by atoms with Crippen LogP contribution in [0.4, 0.5) is 0 Å². The van der Waals surface area contributed by atoms with Crippen molar-refractivity contribution in [2.45, 2.75) is 59.2 Å². The maximum Gasteiger partial charge on any atom is 0.160 e. The summed E-state index contributed by atoms with van der Waals surface area (Å²) in [4.78, 5) is 12.5. The van der Waals surface area contributed by atoms with Crippen LogP contribution in [0, 0.1) is 27.7 Å². The zero-order valence-corrected chi connectivity index (χ0v) is 19.8. The monoisotopic (exact) mass is 430 g/mol. The fourth-order valence-electron chi connectivity index (χ4n) is 5.12. The van der Waals surface area contributed by atoms with Gasteiger partial charge in [-0.1, -0.05) is 36.9 Å². The zero-order chi connectivity index (χ0) is 21.7. The number of pyridine rings is 1. The van der Waals surface area contributed by atoms with Crippen LogP contribution in [-0.2, 0) is 0 Å². The Labute approximate surface area is 189 Å². The van der Waals surface area contributed by atoms with Crippen molar-refractivity contribution in [3.8, 4) is 5.69 Å². The molecule has 4 nitrogen and oxygen atoms in total. The summed E-state index contributed by atoms with van der Waals surface area (Å²) < 4.78 is 2.43. The minimum absolute atomic E-state index is 0.0330. The van der Waals surface area contributed by atoms with Crippen molar-refractivity contribution < 1.29 is 0 Å². The molecule has 0 aliphatic carbocycles. The van der Waals surface area contributed by atoms with Gasteiger partial charge in [0.25, 0.3) is 0 Å². The molecule has 3 atom stereocenters. The SMILES string of the molecule is CC[C@@H]1CSC2=N[C@H](c3ccccn3)[C@H](c3cc(C)n(-c4cccc(C)c4C)c3C)N21. The first-order valence-corrected chi connectivity index (χ1v) is 12.1. The van der Waals surface area contributed by atoms with Crippen molar-refractivity contribution in [2.24, 2.45) is 4.99 Å². The Balaban J connectivity index is 1.66. The van der Waals surface area contributed by atoms with Gasteiger partial charge in [0.05, 0.1) is 11.7 Å². The van der Waals surface area contributed by atoms with Crippen LogP contribution in [0.15, 0.2) is 53.7 Å². The van der Waals surface area contributed by atoms with Gasteiger partial charge in [0, 0.05) is 35.1 Å². The molecule has 2 aliphatic rings. The lowest BCUT2D eigenvalue weighted by molar-refractivity contribution is 0.254. The van der Waals surface area contributed by atoms with Crippen LogP contribution in [0.25, 0.3) is 5.69 Å². The summed E-state index contributed by atoms with van der Waals surface area (Å²) in [6.07, 6.45) is 3.02. The molecule has 2 aromatic heterocycles. The molecule has 0 radical (unpaired) electrons. The van der Waals surface area contributed by atoms with E-state index in [0.29, 0.717) is 6.04 Å². The van der Waals surface area contributed by atoms with Crippen LogP contribution < -0.4 is 0 Å². The molecular formula is C26H30N4S. The van der Waals surface area contributed by atoms with Gasteiger partial charge in [-0.05, 0) is 75.1 Å². The number of benzene rings is 1. The third-order valence-electron chi connectivity index (χ3n) is 6.94. The average molecular weight is 431 g/mol. The van der Waals surface area contributed by atoms with E-state index in [9.17, 15) is 0 Å². The van der Waals surface area contributed by atoms with Gasteiger partial charge in [-0.25, -0.2) is 0 Å². The Kier molecular flexibility index (Phi) is 5.17. The Morgan fingerprint density at radius 2 is 1.90 bits per heavy atom. The van der Waals surface area contributed by atoms with Crippen molar-refractivity contribution in [1.82, 2.24) is 14.5 Å². The third-order valence-corrected chi connectivity index (χ3v) is 8.06. The predicted octanol–water partition coefficient (Wildman–Crippen LogP) is 6.09. The standard InChI is InChI=1S/C26H30N4S/c1-6-20-15-31-26-28-24(22-11-7-8-13-27-22)25(30(20)26)21-14-17(3)29(19(21)5)23-12-9-10-16(2)18(23)4/h7-14,20,24-25H,6,15H2,1-5H3/t20-,24-,25+/m1/s1. The number of nitrogens with zero attached hydrogens (tertiary/aromatic N) is 4. The molecular weight excluding hydrogens is 400 g/mol. The number of thioether (sulfide) groups is 1. The highest BCUT2D eigenvalue weighted by atomic mass is 32.2. The maximum absolute atomic E-state index is 5.19. The Bertz CT molecular complexity index is 1150. The summed E-state index contributed by atoms with van der Waals surface area (Å²) in [6, 6.07) is 15.9. The number of aryl methyl sites for hydroxylation is 2. The van der Waals surface area contributed by atoms with Crippen LogP contribution in [0.2, 0.25) is 0 Å². The number of hydrogen-bond acceptors (Lipinski definition) is 4. The van der Waals surface area contributed by atoms with Crippen molar-refractivity contribution in [2.75, 3.05) is 5.75 Å². The average Bonchev–Trinajstić information content (AvgIpc) is 3.42. The first-order chi connectivity index (χ1) is 15.0. The molecule has 4 heterocycles. The van der Waals surface area contributed by atoms with E-state index in [0.717, 1.165) is 17.9 Å². The Morgan fingerprint density at radius 1 is 1.06 bits per heavy atom. The molecule has 0 amide bonds. The summed E-state index contributed by atoms with van der Waals surface area (Å²) in [7, 11) is 0. The molecule has 0 spiro atoms. The van der Waals surface area contributed by atoms with E-state index in [1.165, 1.54) is 38.9 Å². The van der Waals surface area contributed by atoms with Crippen molar-refractivity contribution in [1.29, 1.82) is 0 Å². The molecule has 5 rings (SSSR count). The van der Waals surface area contributed by atoms with E-state index in [4.69, 9.17) is 9.98 Å². The number of rotatable bonds is 4. The van der Waals surface area contributed by atoms with Gasteiger partial charge < -0.3 is 9.47 Å². The fraction of sp³-hybridized carbons (Fsp3) is 0.385. The van der Waals surface area contributed by atoms with Gasteiger partial charge in [-0.2, -0.15) is 0 Å². The van der Waals surface area contributed by atoms with Crippen LogP contribution >= 0.6 is 11.8 Å². The second kappa shape index (κ2) is 7.86. The molecule has 160 valence electrons. The summed E-state index contributed by atoms with van der Waals surface area (Å²) >= 11 is 1.90. The van der Waals surface area contributed by atoms with Crippen molar-refractivity contribution in [3.63, 3.8) is 0 Å². The lowest BCUT2D eigenvalue weighted by atomic mass is 9.95. The molecule has 31 heavy (non-hydrogen) atoms. The topological polar surface area (TPSA) is 33.4 Å². The molecule has 5 heteroatoms. The summed E-state index contributed by atoms with van der Waals surface area (Å²) in [5.41, 5.74) is 8.94. The van der Waals surface area contributed by atoms with Crippen molar-refractivity contribution >= 4 is 16.9 Å². The molecule has 1 saturated heterocycles. The number of amidine groups is 1. The number of aliphatic imine (C=N–C) groups is 1. The predicted molar refractivity (Wildman–Crippen MR) is 130 cm³/mol. The van der Waals surface area contributed by atoms with Crippen LogP contribution in [0.3, 0.4) is 0 Å². The van der Waals surface area contributed by atoms with E-state index in [2.05, 4.69) is 80.5 Å². The fourth-order valence-corrected chi connectivity index (χ4v) is 6.46. The lowest BCUT2D eigenvalue weighted by Gasteiger charge is -2.32. The summed E-state index contributed by atoms with van der Waals surface area (Å²) in [5, 5.41) is 1.18. The highest BCUT2D eigenvalue weighted by Gasteiger charge is 2.46. The number of aromatic nitrogens is 2. The van der Waals surface area contributed by atoms with Gasteiger partial charge in [0.2, 0.25) is 0 Å². The Morgan fingerprint density at radius 3 is 2.65 bits per heavy atom. The van der Waals surface area contributed by atoms with E-state index >= 15 is 0 Å². The summed E-state index contributed by atoms with van der Waals surface area (Å²) in [6.45, 7) is 11.2. The highest BCUT2D eigenvalue weighted by Crippen LogP contribution is 2.49. The van der Waals surface area contributed by atoms with Gasteiger partial charge in [-0.3, -0.25) is 9.98 Å². The first-order valence-electron chi connectivity index (χ1n) is 11.2. The van der Waals surface area contributed by atoms with E-state index in [1.54, 1.807) is 0 Å². The maximum atomic E-state index is 5.19. The molecule has 0 N–H and O–H groups in total. The van der Waals surface area contributed by atoms with Crippen LogP contribution in [0.5, 0.6) is 0 Å². The van der Waals surface area contributed by atoms with Gasteiger partial charge >= 0.3 is 0 Å². The third kappa shape index (κ3) is 3.21. The van der Waals surface area contributed by atoms with E-state index in [-0.39, 0.29) is 12.1 Å². The second-order valence-electron chi connectivity index (χ2n) is 8.72. The zero-order valence-electron chi connectivity index (χ0n) is 19.0. The molecule has 2 aliphatic heterocycles. The van der Waals surface area contributed by atoms with Crippen LogP contribution in [-0.4, -0.2) is 31.4 Å². The van der Waals surface area contributed by atoms with Gasteiger partial charge in [0.15, 0.2) is 5.17 Å².